The van der Waals surface area contributed by atoms with Crippen molar-refractivity contribution in [3.8, 4) is 0 Å². The number of nitrogens with zero attached hydrogens (tertiary/aromatic N) is 2. The summed E-state index contributed by atoms with van der Waals surface area (Å²) in [6.45, 7) is 0.334. The number of carbonyl (C=O) groups is 1. The Balaban J connectivity index is 0.000000408. The lowest BCUT2D eigenvalue weighted by Crippen LogP contribution is -2.75. The summed E-state index contributed by atoms with van der Waals surface area (Å²) in [7, 11) is 0. The summed E-state index contributed by atoms with van der Waals surface area (Å²) >= 11 is 0. The number of rotatable bonds is 7. The second-order valence-corrected chi connectivity index (χ2v) is 16.6. The van der Waals surface area contributed by atoms with E-state index in [9.17, 15) is 110 Å². The molecule has 0 atom stereocenters. The van der Waals surface area contributed by atoms with Crippen LogP contribution in [0, 0.1) is 0 Å². The van der Waals surface area contributed by atoms with Crippen LogP contribution in [-0.2, 0) is 56.0 Å². The molecule has 28 heteroatoms. The maximum Gasteiger partial charge on any atom is 0.416 e. The van der Waals surface area contributed by atoms with Gasteiger partial charge in [0, 0.05) is 5.56 Å². The van der Waals surface area contributed by atoms with E-state index in [0.717, 1.165) is 16.3 Å². The average molecular weight is 1110 g/mol. The van der Waals surface area contributed by atoms with Crippen molar-refractivity contribution >= 4 is 44.6 Å². The Morgan fingerprint density at radius 3 is 0.882 bits per heavy atom. The molecule has 7 aromatic rings. The molecule has 3 nitrogen and oxygen atoms in total. The molecule has 6 aromatic carbocycles. The van der Waals surface area contributed by atoms with E-state index in [1.807, 2.05) is 47.0 Å². The summed E-state index contributed by atoms with van der Waals surface area (Å²) < 4.78 is 343. The van der Waals surface area contributed by atoms with Gasteiger partial charge in [-0.2, -0.15) is 132 Å². The van der Waals surface area contributed by atoms with E-state index in [0.29, 0.717) is 6.54 Å². The summed E-state index contributed by atoms with van der Waals surface area (Å²) in [5, 5.41) is 2.24. The molecule has 0 aliphatic heterocycles. The fourth-order valence-corrected chi connectivity index (χ4v) is 8.14. The summed E-state index contributed by atoms with van der Waals surface area (Å²) in [4.78, 5) is 16.2. The molecule has 0 bridgehead atoms. The van der Waals surface area contributed by atoms with E-state index < -0.39 is 195 Å². The zero-order valence-corrected chi connectivity index (χ0v) is 36.9. The SMILES string of the molecule is FC(F)(F)c1cc([B-](c2cc(C(F)(F)F)cc(C(F)(F)F)c2)(c2cc(C(F)(F)F)cc(C(F)(F)F)c2)c2cc(C(F)(F)F)cc(C(F)(F)F)c2)cc(C(F)(F)F)c1.O=C(C[n+]1ccncc1)c1ccc2ccccc2c1. The van der Waals surface area contributed by atoms with Crippen molar-refractivity contribution in [2.45, 2.75) is 56.0 Å². The lowest BCUT2D eigenvalue weighted by Gasteiger charge is -2.46. The van der Waals surface area contributed by atoms with E-state index in [4.69, 9.17) is 0 Å². The Bertz CT molecular complexity index is 2820. The van der Waals surface area contributed by atoms with E-state index in [-0.39, 0.29) is 5.78 Å². The van der Waals surface area contributed by atoms with Crippen molar-refractivity contribution in [1.82, 2.24) is 4.98 Å². The minimum atomic E-state index is -6.13. The molecule has 1 aromatic heterocycles. The van der Waals surface area contributed by atoms with Crippen LogP contribution in [0.15, 0.2) is 140 Å². The van der Waals surface area contributed by atoms with Crippen LogP contribution in [0.25, 0.3) is 10.8 Å². The quantitative estimate of drug-likeness (QED) is 0.0690. The zero-order valence-electron chi connectivity index (χ0n) is 36.9. The van der Waals surface area contributed by atoms with Gasteiger partial charge < -0.3 is 0 Å². The number of carbonyl (C=O) groups excluding carboxylic acids is 1. The Morgan fingerprint density at radius 1 is 0.355 bits per heavy atom. The minimum Gasteiger partial charge on any atom is -0.287 e. The molecule has 7 rings (SSSR count). The molecule has 0 N–H and O–H groups in total. The molecular weight excluding hydrogens is 1090 g/mol. The van der Waals surface area contributed by atoms with E-state index >= 15 is 0 Å². The van der Waals surface area contributed by atoms with Crippen LogP contribution in [0.4, 0.5) is 105 Å². The fourth-order valence-electron chi connectivity index (χ4n) is 8.14. The molecule has 0 aliphatic carbocycles. The van der Waals surface area contributed by atoms with Gasteiger partial charge in [0.2, 0.25) is 12.3 Å². The molecular formula is C48H25BF24N2O. The molecule has 0 fully saturated rings. The van der Waals surface area contributed by atoms with Gasteiger partial charge in [-0.3, -0.25) is 9.78 Å². The predicted molar refractivity (Wildman–Crippen MR) is 223 cm³/mol. The Labute approximate surface area is 409 Å². The third kappa shape index (κ3) is 13.0. The van der Waals surface area contributed by atoms with Crippen molar-refractivity contribution in [2.75, 3.05) is 0 Å². The van der Waals surface area contributed by atoms with Crippen LogP contribution in [0.3, 0.4) is 0 Å². The van der Waals surface area contributed by atoms with Gasteiger partial charge >= 0.3 is 49.4 Å². The van der Waals surface area contributed by atoms with Crippen molar-refractivity contribution in [2.24, 2.45) is 0 Å². The number of hydrogen-bond donors (Lipinski definition) is 0. The molecule has 1 heterocycles. The molecule has 404 valence electrons. The number of Topliss-reactive ketones (excluding diaryl/α,β-unsaturated/α-hetero) is 1. The first-order chi connectivity index (χ1) is 34.6. The number of alkyl halides is 24. The first-order valence-corrected chi connectivity index (χ1v) is 20.8. The van der Waals surface area contributed by atoms with E-state index in [1.165, 1.54) is 0 Å². The summed E-state index contributed by atoms with van der Waals surface area (Å²) in [5.41, 5.74) is -29.5. The standard InChI is InChI=1S/C32H12BF24.C16H13N2O/c34-25(35,36)13-1-14(26(37,38)39)6-21(5-13)33(22-7-15(27(40,41)42)2-16(8-22)28(43,44)45,23-9-17(29(46,47)48)3-18(10-23)30(49,50)51)24-11-19(31(52,53)54)4-20(12-24)32(55,56)57;19-16(12-18-9-7-17-8-10-18)15-6-5-13-3-1-2-4-14(13)11-15/h1-12H;1-11H,12H2/q-1;+1. The molecule has 0 spiro atoms. The minimum absolute atomic E-state index is 0.0990. The Hall–Kier alpha value is -7.29. The third-order valence-electron chi connectivity index (χ3n) is 11.5. The van der Waals surface area contributed by atoms with E-state index in [1.54, 1.807) is 24.8 Å². The lowest BCUT2D eigenvalue weighted by atomic mass is 9.12. The van der Waals surface area contributed by atoms with Gasteiger partial charge in [-0.05, 0) is 41.1 Å². The van der Waals surface area contributed by atoms with Gasteiger partial charge in [-0.25, -0.2) is 0 Å². The number of ketones is 1. The zero-order chi connectivity index (χ0) is 57.0. The van der Waals surface area contributed by atoms with Crippen LogP contribution in [0.2, 0.25) is 0 Å². The predicted octanol–water partition coefficient (Wildman–Crippen LogP) is 13.6. The van der Waals surface area contributed by atoms with Crippen LogP contribution in [0.5, 0.6) is 0 Å². The highest BCUT2D eigenvalue weighted by molar-refractivity contribution is 7.20. The normalized spacial score (nSPS) is 13.4. The summed E-state index contributed by atoms with van der Waals surface area (Å²) in [6.07, 6.45) is -47.9. The van der Waals surface area contributed by atoms with Gasteiger partial charge in [0.05, 0.1) is 56.9 Å². The molecule has 0 aliphatic rings. The second kappa shape index (κ2) is 20.0. The third-order valence-corrected chi connectivity index (χ3v) is 11.5. The molecule has 0 unspecified atom stereocenters. The Kier molecular flexibility index (Phi) is 15.3. The average Bonchev–Trinajstić information content (AvgIpc) is 3.29. The Morgan fingerprint density at radius 2 is 0.618 bits per heavy atom. The number of fused-ring (bicyclic) bond motifs is 1. The van der Waals surface area contributed by atoms with Crippen molar-refractivity contribution < 1.29 is 115 Å². The molecule has 0 saturated carbocycles. The first kappa shape index (κ1) is 58.0. The van der Waals surface area contributed by atoms with E-state index in [2.05, 4.69) is 4.98 Å². The highest BCUT2D eigenvalue weighted by Gasteiger charge is 2.47. The first-order valence-electron chi connectivity index (χ1n) is 20.8. The highest BCUT2D eigenvalue weighted by atomic mass is 19.4. The molecule has 0 radical (unpaired) electrons. The van der Waals surface area contributed by atoms with Crippen LogP contribution in [0.1, 0.15) is 54.9 Å². The van der Waals surface area contributed by atoms with Crippen molar-refractivity contribution in [3.05, 3.63) is 190 Å². The largest absolute Gasteiger partial charge is 0.416 e. The van der Waals surface area contributed by atoms with Crippen LogP contribution < -0.4 is 26.4 Å². The van der Waals surface area contributed by atoms with Gasteiger partial charge in [-0.1, -0.05) is 84.9 Å². The maximum absolute atomic E-state index is 14.2. The number of hydrogen-bond acceptors (Lipinski definition) is 2. The maximum atomic E-state index is 14.2. The van der Waals surface area contributed by atoms with Crippen molar-refractivity contribution in [3.63, 3.8) is 0 Å². The fraction of sp³-hybridized carbons (Fsp3) is 0.188. The molecule has 0 saturated heterocycles. The second-order valence-electron chi connectivity index (χ2n) is 16.6. The topological polar surface area (TPSA) is 33.8 Å². The van der Waals surface area contributed by atoms with Crippen LogP contribution >= 0.6 is 0 Å². The smallest absolute Gasteiger partial charge is 0.287 e. The number of aromatic nitrogens is 2. The van der Waals surface area contributed by atoms with Gasteiger partial charge in [0.1, 0.15) is 6.15 Å². The van der Waals surface area contributed by atoms with Crippen LogP contribution in [-0.4, -0.2) is 16.9 Å². The number of benzene rings is 6. The van der Waals surface area contributed by atoms with Gasteiger partial charge in [0.25, 0.3) is 0 Å². The molecule has 76 heavy (non-hydrogen) atoms. The van der Waals surface area contributed by atoms with Crippen molar-refractivity contribution in [1.29, 1.82) is 0 Å². The molecule has 0 amide bonds. The monoisotopic (exact) mass is 1110 g/mol. The lowest BCUT2D eigenvalue weighted by molar-refractivity contribution is -0.683. The van der Waals surface area contributed by atoms with Gasteiger partial charge in [0.15, 0.2) is 12.4 Å². The number of halogens is 24. The summed E-state index contributed by atoms with van der Waals surface area (Å²) in [6, 6.07) is 5.04. The van der Waals surface area contributed by atoms with Gasteiger partial charge in [-0.15, -0.1) is 0 Å². The highest BCUT2D eigenvalue weighted by Crippen LogP contribution is 2.41. The summed E-state index contributed by atoms with van der Waals surface area (Å²) in [5.74, 6) is 0.0990.